The highest BCUT2D eigenvalue weighted by molar-refractivity contribution is 7.13. The average molecular weight is 317 g/mol. The second-order valence-electron chi connectivity index (χ2n) is 5.32. The van der Waals surface area contributed by atoms with E-state index in [0.29, 0.717) is 11.7 Å². The molecule has 0 aliphatic carbocycles. The summed E-state index contributed by atoms with van der Waals surface area (Å²) in [7, 11) is 0. The molecular weight excluding hydrogens is 298 g/mol. The number of thiazole rings is 1. The fraction of sp³-hybridized carbons (Fsp3) is 0.400. The Bertz CT molecular complexity index is 630. The molecule has 22 heavy (non-hydrogen) atoms. The number of nitrogens with zero attached hydrogens (tertiary/aromatic N) is 3. The Morgan fingerprint density at radius 3 is 3.23 bits per heavy atom. The zero-order valence-corrected chi connectivity index (χ0v) is 13.3. The van der Waals surface area contributed by atoms with Crippen LogP contribution in [0.15, 0.2) is 29.9 Å². The Hall–Kier alpha value is -1.83. The maximum absolute atomic E-state index is 12.2. The zero-order chi connectivity index (χ0) is 15.4. The maximum atomic E-state index is 12.2. The van der Waals surface area contributed by atoms with E-state index >= 15 is 0 Å². The number of anilines is 1. The molecule has 0 radical (unpaired) electrons. The molecule has 0 spiro atoms. The van der Waals surface area contributed by atoms with Crippen molar-refractivity contribution in [3.8, 4) is 0 Å². The largest absolute Gasteiger partial charge is 0.314 e. The molecule has 1 aliphatic heterocycles. The number of carbonyl (C=O) groups excluding carboxylic acids is 1. The van der Waals surface area contributed by atoms with Gasteiger partial charge in [-0.1, -0.05) is 6.07 Å². The molecule has 0 bridgehead atoms. The van der Waals surface area contributed by atoms with Crippen molar-refractivity contribution in [2.75, 3.05) is 31.5 Å². The summed E-state index contributed by atoms with van der Waals surface area (Å²) >= 11 is 1.45. The number of piperazine rings is 1. The van der Waals surface area contributed by atoms with Crippen molar-refractivity contribution in [1.82, 2.24) is 20.2 Å². The van der Waals surface area contributed by atoms with Gasteiger partial charge in [0.1, 0.15) is 0 Å². The van der Waals surface area contributed by atoms with Crippen molar-refractivity contribution < 1.29 is 4.79 Å². The molecule has 7 heteroatoms. The van der Waals surface area contributed by atoms with Crippen LogP contribution in [0.3, 0.4) is 0 Å². The Kier molecular flexibility index (Phi) is 4.77. The first kappa shape index (κ1) is 15.1. The summed E-state index contributed by atoms with van der Waals surface area (Å²) in [5.74, 6) is -0.0230. The topological polar surface area (TPSA) is 70.2 Å². The lowest BCUT2D eigenvalue weighted by molar-refractivity contribution is -0.118. The fourth-order valence-corrected chi connectivity index (χ4v) is 3.30. The van der Waals surface area contributed by atoms with Crippen LogP contribution >= 0.6 is 11.3 Å². The molecule has 1 amide bonds. The number of aryl methyl sites for hydroxylation is 1. The molecule has 3 heterocycles. The Morgan fingerprint density at radius 2 is 2.50 bits per heavy atom. The molecule has 0 aromatic carbocycles. The summed E-state index contributed by atoms with van der Waals surface area (Å²) in [5, 5.41) is 8.84. The number of rotatable bonds is 4. The van der Waals surface area contributed by atoms with Crippen molar-refractivity contribution in [3.63, 3.8) is 0 Å². The normalized spacial score (nSPS) is 19.0. The summed E-state index contributed by atoms with van der Waals surface area (Å²) < 4.78 is 0. The van der Waals surface area contributed by atoms with E-state index < -0.39 is 0 Å². The van der Waals surface area contributed by atoms with E-state index in [1.807, 2.05) is 24.6 Å². The van der Waals surface area contributed by atoms with Crippen LogP contribution in [-0.4, -0.2) is 47.0 Å². The third-order valence-electron chi connectivity index (χ3n) is 3.64. The molecule has 1 fully saturated rings. The van der Waals surface area contributed by atoms with Crippen molar-refractivity contribution in [2.24, 2.45) is 0 Å². The number of amides is 1. The van der Waals surface area contributed by atoms with Crippen molar-refractivity contribution >= 4 is 22.4 Å². The molecule has 2 aromatic heterocycles. The van der Waals surface area contributed by atoms with Gasteiger partial charge in [0.2, 0.25) is 5.91 Å². The SMILES string of the molecule is Cc1csc(NC(=O)CN2CCNCC2c2cccnc2)n1. The minimum atomic E-state index is -0.0230. The van der Waals surface area contributed by atoms with Crippen LogP contribution in [0.4, 0.5) is 5.13 Å². The van der Waals surface area contributed by atoms with Gasteiger partial charge in [-0.05, 0) is 18.6 Å². The lowest BCUT2D eigenvalue weighted by atomic mass is 10.1. The predicted octanol–water partition coefficient (Wildman–Crippen LogP) is 1.43. The van der Waals surface area contributed by atoms with Crippen LogP contribution < -0.4 is 10.6 Å². The van der Waals surface area contributed by atoms with Gasteiger partial charge in [-0.15, -0.1) is 11.3 Å². The van der Waals surface area contributed by atoms with Gasteiger partial charge in [0.15, 0.2) is 5.13 Å². The van der Waals surface area contributed by atoms with E-state index in [2.05, 4.69) is 31.6 Å². The molecule has 1 unspecified atom stereocenters. The Morgan fingerprint density at radius 1 is 1.59 bits per heavy atom. The average Bonchev–Trinajstić information content (AvgIpc) is 2.93. The number of pyridine rings is 1. The molecule has 0 saturated carbocycles. The van der Waals surface area contributed by atoms with Gasteiger partial charge in [-0.2, -0.15) is 0 Å². The van der Waals surface area contributed by atoms with Gasteiger partial charge in [0, 0.05) is 43.4 Å². The fourth-order valence-electron chi connectivity index (χ4n) is 2.59. The lowest BCUT2D eigenvalue weighted by Crippen LogP contribution is -2.48. The molecule has 2 aromatic rings. The third kappa shape index (κ3) is 3.68. The smallest absolute Gasteiger partial charge is 0.240 e. The summed E-state index contributed by atoms with van der Waals surface area (Å²) in [4.78, 5) is 22.9. The minimum Gasteiger partial charge on any atom is -0.314 e. The van der Waals surface area contributed by atoms with E-state index in [-0.39, 0.29) is 11.9 Å². The molecule has 3 rings (SSSR count). The standard InChI is InChI=1S/C15H19N5OS/c1-11-10-22-15(18-11)19-14(21)9-20-6-5-17-8-13(20)12-3-2-4-16-7-12/h2-4,7,10,13,17H,5-6,8-9H2,1H3,(H,18,19,21). The van der Waals surface area contributed by atoms with Crippen LogP contribution in [0.2, 0.25) is 0 Å². The van der Waals surface area contributed by atoms with Gasteiger partial charge >= 0.3 is 0 Å². The second-order valence-corrected chi connectivity index (χ2v) is 6.18. The number of hydrogen-bond acceptors (Lipinski definition) is 6. The number of aromatic nitrogens is 2. The maximum Gasteiger partial charge on any atom is 0.240 e. The molecule has 2 N–H and O–H groups in total. The zero-order valence-electron chi connectivity index (χ0n) is 12.5. The van der Waals surface area contributed by atoms with Gasteiger partial charge < -0.3 is 10.6 Å². The van der Waals surface area contributed by atoms with Gasteiger partial charge in [0.05, 0.1) is 12.2 Å². The van der Waals surface area contributed by atoms with Crippen LogP contribution in [0, 0.1) is 6.92 Å². The van der Waals surface area contributed by atoms with Gasteiger partial charge in [-0.25, -0.2) is 4.98 Å². The first-order valence-electron chi connectivity index (χ1n) is 7.29. The Labute approximate surface area is 133 Å². The van der Waals surface area contributed by atoms with Crippen LogP contribution in [-0.2, 0) is 4.79 Å². The van der Waals surface area contributed by atoms with Crippen molar-refractivity contribution in [1.29, 1.82) is 0 Å². The lowest BCUT2D eigenvalue weighted by Gasteiger charge is -2.35. The summed E-state index contributed by atoms with van der Waals surface area (Å²) in [5.41, 5.74) is 2.06. The molecule has 6 nitrogen and oxygen atoms in total. The highest BCUT2D eigenvalue weighted by atomic mass is 32.1. The summed E-state index contributed by atoms with van der Waals surface area (Å²) in [6, 6.07) is 4.16. The molecule has 1 atom stereocenters. The minimum absolute atomic E-state index is 0.0230. The number of carbonyl (C=O) groups is 1. The third-order valence-corrected chi connectivity index (χ3v) is 4.51. The Balaban J connectivity index is 1.65. The molecule has 1 aliphatic rings. The monoisotopic (exact) mass is 317 g/mol. The van der Waals surface area contributed by atoms with E-state index in [1.165, 1.54) is 11.3 Å². The molecular formula is C15H19N5OS. The predicted molar refractivity (Wildman–Crippen MR) is 86.9 cm³/mol. The van der Waals surface area contributed by atoms with Gasteiger partial charge in [0.25, 0.3) is 0 Å². The van der Waals surface area contributed by atoms with Crippen LogP contribution in [0.1, 0.15) is 17.3 Å². The highest BCUT2D eigenvalue weighted by Crippen LogP contribution is 2.21. The molecule has 1 saturated heterocycles. The molecule has 116 valence electrons. The highest BCUT2D eigenvalue weighted by Gasteiger charge is 2.25. The van der Waals surface area contributed by atoms with Gasteiger partial charge in [-0.3, -0.25) is 14.7 Å². The van der Waals surface area contributed by atoms with Crippen LogP contribution in [0.5, 0.6) is 0 Å². The quantitative estimate of drug-likeness (QED) is 0.893. The van der Waals surface area contributed by atoms with E-state index in [0.717, 1.165) is 30.9 Å². The second kappa shape index (κ2) is 6.95. The van der Waals surface area contributed by atoms with E-state index in [1.54, 1.807) is 6.20 Å². The summed E-state index contributed by atoms with van der Waals surface area (Å²) in [6.07, 6.45) is 3.63. The first-order valence-corrected chi connectivity index (χ1v) is 8.17. The van der Waals surface area contributed by atoms with E-state index in [9.17, 15) is 4.79 Å². The van der Waals surface area contributed by atoms with Crippen molar-refractivity contribution in [3.05, 3.63) is 41.2 Å². The number of hydrogen-bond donors (Lipinski definition) is 2. The van der Waals surface area contributed by atoms with Crippen LogP contribution in [0.25, 0.3) is 0 Å². The van der Waals surface area contributed by atoms with Crippen molar-refractivity contribution in [2.45, 2.75) is 13.0 Å². The number of nitrogens with one attached hydrogen (secondary N) is 2. The first-order chi connectivity index (χ1) is 10.7. The van der Waals surface area contributed by atoms with E-state index in [4.69, 9.17) is 0 Å². The summed E-state index contributed by atoms with van der Waals surface area (Å²) in [6.45, 7) is 4.83.